The Morgan fingerprint density at radius 3 is 2.45 bits per heavy atom. The highest BCUT2D eigenvalue weighted by molar-refractivity contribution is 5.30. The predicted octanol–water partition coefficient (Wildman–Crippen LogP) is 3.14. The molecule has 1 unspecified atom stereocenters. The summed E-state index contributed by atoms with van der Waals surface area (Å²) in [6, 6.07) is 0. The Balaban J connectivity index is 1.87. The fourth-order valence-corrected chi connectivity index (χ4v) is 3.23. The van der Waals surface area contributed by atoms with Crippen LogP contribution in [0, 0.1) is 16.7 Å². The molecule has 3 aliphatic rings. The second kappa shape index (κ2) is 1.44. The number of hydrogen-bond acceptors (Lipinski definition) is 0. The zero-order valence-corrected chi connectivity index (χ0v) is 7.48. The van der Waals surface area contributed by atoms with E-state index in [2.05, 4.69) is 19.9 Å². The first kappa shape index (κ1) is 6.28. The molecular weight excluding hydrogens is 132 g/mol. The average Bonchev–Trinajstić information content (AvgIpc) is 2.67. The highest BCUT2D eigenvalue weighted by atomic mass is 14.8. The molecule has 3 aliphatic carbocycles. The molecule has 0 amide bonds. The van der Waals surface area contributed by atoms with Gasteiger partial charge in [0, 0.05) is 0 Å². The van der Waals surface area contributed by atoms with Gasteiger partial charge in [-0.1, -0.05) is 18.6 Å². The summed E-state index contributed by atoms with van der Waals surface area (Å²) >= 11 is 0. The molecule has 0 aromatic rings. The summed E-state index contributed by atoms with van der Waals surface area (Å²) < 4.78 is 0. The highest BCUT2D eigenvalue weighted by Gasteiger charge is 2.76. The molecule has 11 heavy (non-hydrogen) atoms. The van der Waals surface area contributed by atoms with Crippen LogP contribution in [0.4, 0.5) is 0 Å². The van der Waals surface area contributed by atoms with Gasteiger partial charge in [0.05, 0.1) is 0 Å². The fourth-order valence-electron chi connectivity index (χ4n) is 3.23. The lowest BCUT2D eigenvalue weighted by atomic mass is 9.76. The largest absolute Gasteiger partial charge is 0.0850 e. The summed E-state index contributed by atoms with van der Waals surface area (Å²) in [5.74, 6) is 1.16. The summed E-state index contributed by atoms with van der Waals surface area (Å²) in [6.07, 6.45) is 8.34. The maximum absolute atomic E-state index is 2.51. The Hall–Kier alpha value is -0.260. The fraction of sp³-hybridized carbons (Fsp3) is 0.818. The van der Waals surface area contributed by atoms with Crippen molar-refractivity contribution in [1.29, 1.82) is 0 Å². The Morgan fingerprint density at radius 1 is 1.45 bits per heavy atom. The predicted molar refractivity (Wildman–Crippen MR) is 46.3 cm³/mol. The van der Waals surface area contributed by atoms with Crippen LogP contribution in [0.15, 0.2) is 11.6 Å². The van der Waals surface area contributed by atoms with Gasteiger partial charge in [-0.15, -0.1) is 0 Å². The van der Waals surface area contributed by atoms with Crippen molar-refractivity contribution in [1.82, 2.24) is 0 Å². The van der Waals surface area contributed by atoms with Gasteiger partial charge in [0.1, 0.15) is 0 Å². The molecule has 1 atom stereocenters. The van der Waals surface area contributed by atoms with E-state index in [4.69, 9.17) is 0 Å². The molecule has 0 bridgehead atoms. The van der Waals surface area contributed by atoms with Crippen LogP contribution in [0.3, 0.4) is 0 Å². The first-order valence-corrected chi connectivity index (χ1v) is 4.82. The standard InChI is InChI=1S/C11H16/c1-8-3-4-10(2,5-8)11-6-9(11)7-11/h3,9H,4-7H2,1-2H3. The molecule has 2 saturated carbocycles. The van der Waals surface area contributed by atoms with Crippen LogP contribution in [0.2, 0.25) is 0 Å². The third-order valence-electron chi connectivity index (χ3n) is 4.45. The van der Waals surface area contributed by atoms with Gasteiger partial charge in [-0.05, 0) is 49.4 Å². The molecule has 0 saturated heterocycles. The molecule has 0 aliphatic heterocycles. The summed E-state index contributed by atoms with van der Waals surface area (Å²) in [5, 5.41) is 0. The van der Waals surface area contributed by atoms with Gasteiger partial charge in [0.2, 0.25) is 0 Å². The smallest absolute Gasteiger partial charge is 0.0195 e. The van der Waals surface area contributed by atoms with Gasteiger partial charge in [0.15, 0.2) is 0 Å². The summed E-state index contributed by atoms with van der Waals surface area (Å²) in [5.41, 5.74) is 3.20. The maximum Gasteiger partial charge on any atom is -0.0195 e. The summed E-state index contributed by atoms with van der Waals surface area (Å²) in [6.45, 7) is 4.80. The second-order valence-electron chi connectivity index (χ2n) is 5.25. The molecule has 0 nitrogen and oxygen atoms in total. The Kier molecular flexibility index (Phi) is 0.821. The molecule has 0 N–H and O–H groups in total. The third-order valence-corrected chi connectivity index (χ3v) is 4.45. The molecule has 0 aromatic heterocycles. The Labute approximate surface area is 68.7 Å². The topological polar surface area (TPSA) is 0 Å². The van der Waals surface area contributed by atoms with Crippen molar-refractivity contribution in [3.63, 3.8) is 0 Å². The molecule has 3 rings (SSSR count). The molecule has 2 fully saturated rings. The summed E-state index contributed by atoms with van der Waals surface area (Å²) in [4.78, 5) is 0. The van der Waals surface area contributed by atoms with Crippen molar-refractivity contribution < 1.29 is 0 Å². The van der Waals surface area contributed by atoms with Crippen LogP contribution in [0.1, 0.15) is 39.5 Å². The van der Waals surface area contributed by atoms with Crippen molar-refractivity contribution in [3.8, 4) is 0 Å². The van der Waals surface area contributed by atoms with Crippen LogP contribution in [-0.2, 0) is 0 Å². The maximum atomic E-state index is 2.51. The molecular formula is C11H16. The van der Waals surface area contributed by atoms with Crippen molar-refractivity contribution in [2.75, 3.05) is 0 Å². The lowest BCUT2D eigenvalue weighted by Gasteiger charge is -2.28. The van der Waals surface area contributed by atoms with E-state index in [1.165, 1.54) is 12.8 Å². The SMILES string of the molecule is CC1=CCC(C)(C23CC2C3)C1. The van der Waals surface area contributed by atoms with E-state index >= 15 is 0 Å². The van der Waals surface area contributed by atoms with Crippen LogP contribution in [0.25, 0.3) is 0 Å². The minimum atomic E-state index is 0.696. The van der Waals surface area contributed by atoms with Gasteiger partial charge >= 0.3 is 0 Å². The lowest BCUT2D eigenvalue weighted by molar-refractivity contribution is 0.233. The van der Waals surface area contributed by atoms with Crippen molar-refractivity contribution in [2.45, 2.75) is 39.5 Å². The second-order valence-corrected chi connectivity index (χ2v) is 5.25. The van der Waals surface area contributed by atoms with E-state index in [0.717, 1.165) is 11.3 Å². The van der Waals surface area contributed by atoms with Gasteiger partial charge < -0.3 is 0 Å². The first-order valence-electron chi connectivity index (χ1n) is 4.82. The molecule has 0 aromatic carbocycles. The Morgan fingerprint density at radius 2 is 2.09 bits per heavy atom. The average molecular weight is 148 g/mol. The van der Waals surface area contributed by atoms with Gasteiger partial charge in [-0.25, -0.2) is 0 Å². The molecule has 0 radical (unpaired) electrons. The van der Waals surface area contributed by atoms with E-state index in [-0.39, 0.29) is 0 Å². The van der Waals surface area contributed by atoms with Gasteiger partial charge in [-0.2, -0.15) is 0 Å². The first-order chi connectivity index (χ1) is 5.16. The van der Waals surface area contributed by atoms with Gasteiger partial charge in [-0.3, -0.25) is 0 Å². The van der Waals surface area contributed by atoms with Crippen molar-refractivity contribution in [2.24, 2.45) is 16.7 Å². The number of hydrogen-bond donors (Lipinski definition) is 0. The number of fused-ring (bicyclic) bond motifs is 1. The van der Waals surface area contributed by atoms with Crippen LogP contribution < -0.4 is 0 Å². The quantitative estimate of drug-likeness (QED) is 0.501. The summed E-state index contributed by atoms with van der Waals surface area (Å²) in [7, 11) is 0. The van der Waals surface area contributed by atoms with Crippen molar-refractivity contribution in [3.05, 3.63) is 11.6 Å². The monoisotopic (exact) mass is 148 g/mol. The van der Waals surface area contributed by atoms with E-state index in [1.807, 2.05) is 0 Å². The zero-order chi connectivity index (χ0) is 7.69. The third kappa shape index (κ3) is 0.579. The van der Waals surface area contributed by atoms with E-state index in [0.29, 0.717) is 5.41 Å². The minimum absolute atomic E-state index is 0.696. The van der Waals surface area contributed by atoms with E-state index in [9.17, 15) is 0 Å². The minimum Gasteiger partial charge on any atom is -0.0850 e. The molecule has 60 valence electrons. The van der Waals surface area contributed by atoms with E-state index < -0.39 is 0 Å². The molecule has 0 heteroatoms. The van der Waals surface area contributed by atoms with Crippen LogP contribution in [-0.4, -0.2) is 0 Å². The molecule has 0 heterocycles. The molecule has 0 spiro atoms. The van der Waals surface area contributed by atoms with Crippen LogP contribution >= 0.6 is 0 Å². The van der Waals surface area contributed by atoms with Crippen LogP contribution in [0.5, 0.6) is 0 Å². The Bertz CT molecular complexity index is 243. The highest BCUT2D eigenvalue weighted by Crippen LogP contribution is 2.84. The van der Waals surface area contributed by atoms with E-state index in [1.54, 1.807) is 18.4 Å². The zero-order valence-electron chi connectivity index (χ0n) is 7.48. The number of allylic oxidation sites excluding steroid dienone is 2. The van der Waals surface area contributed by atoms with Gasteiger partial charge in [0.25, 0.3) is 0 Å². The lowest BCUT2D eigenvalue weighted by Crippen LogP contribution is -2.19. The normalized spacial score (nSPS) is 58.7. The number of rotatable bonds is 1. The van der Waals surface area contributed by atoms with Crippen molar-refractivity contribution >= 4 is 0 Å².